The minimum Gasteiger partial charge on any atom is -0.343 e. The van der Waals surface area contributed by atoms with Gasteiger partial charge in [-0.25, -0.2) is 13.1 Å². The maximum atomic E-state index is 12.2. The van der Waals surface area contributed by atoms with Gasteiger partial charge in [0, 0.05) is 26.6 Å². The Balaban J connectivity index is 1.95. The number of nitrogens with one attached hydrogen (secondary N) is 1. The number of hydrogen-bond acceptors (Lipinski definition) is 3. The lowest BCUT2D eigenvalue weighted by molar-refractivity contribution is -0.130. The molecule has 0 spiro atoms. The van der Waals surface area contributed by atoms with E-state index in [1.807, 2.05) is 6.92 Å². The summed E-state index contributed by atoms with van der Waals surface area (Å²) in [5, 5.41) is 0. The van der Waals surface area contributed by atoms with Gasteiger partial charge in [-0.3, -0.25) is 4.79 Å². The Morgan fingerprint density at radius 3 is 2.62 bits per heavy atom. The molecule has 21 heavy (non-hydrogen) atoms. The van der Waals surface area contributed by atoms with Crippen molar-refractivity contribution in [2.24, 2.45) is 5.92 Å². The van der Waals surface area contributed by atoms with Gasteiger partial charge in [0.2, 0.25) is 15.9 Å². The van der Waals surface area contributed by atoms with Crippen molar-refractivity contribution in [3.63, 3.8) is 0 Å². The largest absolute Gasteiger partial charge is 0.343 e. The first-order chi connectivity index (χ1) is 9.88. The van der Waals surface area contributed by atoms with Gasteiger partial charge in [0.15, 0.2) is 0 Å². The molecule has 1 atom stereocenters. The highest BCUT2D eigenvalue weighted by molar-refractivity contribution is 7.89. The summed E-state index contributed by atoms with van der Waals surface area (Å²) in [5.74, 6) is 0.240. The highest BCUT2D eigenvalue weighted by Crippen LogP contribution is 2.17. The van der Waals surface area contributed by atoms with Crippen LogP contribution in [0.2, 0.25) is 0 Å². The van der Waals surface area contributed by atoms with E-state index in [0.29, 0.717) is 13.1 Å². The summed E-state index contributed by atoms with van der Waals surface area (Å²) >= 11 is 0. The monoisotopic (exact) mass is 310 g/mol. The smallest absolute Gasteiger partial charge is 0.240 e. The van der Waals surface area contributed by atoms with Crippen LogP contribution in [0, 0.1) is 12.8 Å². The number of rotatable bonds is 4. The topological polar surface area (TPSA) is 66.5 Å². The van der Waals surface area contributed by atoms with Crippen LogP contribution in [0.15, 0.2) is 29.2 Å². The normalized spacial score (nSPS) is 19.5. The van der Waals surface area contributed by atoms with Crippen LogP contribution in [-0.4, -0.2) is 38.9 Å². The molecule has 1 amide bonds. The van der Waals surface area contributed by atoms with Crippen LogP contribution in [0.25, 0.3) is 0 Å². The maximum Gasteiger partial charge on any atom is 0.240 e. The number of carbonyl (C=O) groups is 1. The molecule has 5 nitrogen and oxygen atoms in total. The molecule has 6 heteroatoms. The van der Waals surface area contributed by atoms with Crippen molar-refractivity contribution in [1.82, 2.24) is 9.62 Å². The van der Waals surface area contributed by atoms with Crippen molar-refractivity contribution < 1.29 is 13.2 Å². The average molecular weight is 310 g/mol. The molecule has 1 aromatic rings. The molecule has 2 rings (SSSR count). The predicted molar refractivity (Wildman–Crippen MR) is 81.3 cm³/mol. The number of piperidine rings is 1. The third-order valence-electron chi connectivity index (χ3n) is 3.86. The van der Waals surface area contributed by atoms with E-state index in [1.54, 1.807) is 36.1 Å². The van der Waals surface area contributed by atoms with Crippen molar-refractivity contribution in [3.05, 3.63) is 29.8 Å². The summed E-state index contributed by atoms with van der Waals surface area (Å²) in [7, 11) is -3.47. The number of nitrogens with zero attached hydrogens (tertiary/aromatic N) is 1. The second-order valence-electron chi connectivity index (χ2n) is 5.64. The van der Waals surface area contributed by atoms with E-state index < -0.39 is 10.0 Å². The molecule has 0 aliphatic carbocycles. The zero-order valence-corrected chi connectivity index (χ0v) is 13.3. The summed E-state index contributed by atoms with van der Waals surface area (Å²) in [4.78, 5) is 13.5. The number of carbonyl (C=O) groups excluding carboxylic acids is 1. The Kier molecular flexibility index (Phi) is 5.00. The van der Waals surface area contributed by atoms with Crippen LogP contribution in [0.5, 0.6) is 0 Å². The SMILES string of the molecule is CC(=O)N1CCC[C@H](CNS(=O)(=O)c2ccc(C)cc2)C1. The van der Waals surface area contributed by atoms with E-state index in [1.165, 1.54) is 0 Å². The second kappa shape index (κ2) is 6.58. The molecule has 1 aliphatic rings. The lowest BCUT2D eigenvalue weighted by Gasteiger charge is -2.32. The Morgan fingerprint density at radius 2 is 2.00 bits per heavy atom. The van der Waals surface area contributed by atoms with Gasteiger partial charge < -0.3 is 4.90 Å². The van der Waals surface area contributed by atoms with Crippen LogP contribution in [-0.2, 0) is 14.8 Å². The number of amides is 1. The summed E-state index contributed by atoms with van der Waals surface area (Å²) in [6.07, 6.45) is 1.87. The van der Waals surface area contributed by atoms with E-state index in [4.69, 9.17) is 0 Å². The molecule has 0 aromatic heterocycles. The fraction of sp³-hybridized carbons (Fsp3) is 0.533. The van der Waals surface area contributed by atoms with Crippen molar-refractivity contribution in [2.45, 2.75) is 31.6 Å². The molecule has 0 bridgehead atoms. The van der Waals surface area contributed by atoms with Gasteiger partial charge in [-0.05, 0) is 37.8 Å². The zero-order valence-electron chi connectivity index (χ0n) is 12.5. The van der Waals surface area contributed by atoms with E-state index in [9.17, 15) is 13.2 Å². The number of sulfonamides is 1. The van der Waals surface area contributed by atoms with E-state index >= 15 is 0 Å². The molecule has 1 fully saturated rings. The molecule has 1 saturated heterocycles. The fourth-order valence-corrected chi connectivity index (χ4v) is 3.66. The lowest BCUT2D eigenvalue weighted by atomic mass is 9.98. The van der Waals surface area contributed by atoms with E-state index in [-0.39, 0.29) is 16.7 Å². The number of aryl methyl sites for hydroxylation is 1. The Hall–Kier alpha value is -1.40. The van der Waals surface area contributed by atoms with Crippen molar-refractivity contribution >= 4 is 15.9 Å². The molecule has 1 heterocycles. The maximum absolute atomic E-state index is 12.2. The first-order valence-corrected chi connectivity index (χ1v) is 8.68. The zero-order chi connectivity index (χ0) is 15.5. The highest BCUT2D eigenvalue weighted by Gasteiger charge is 2.23. The van der Waals surface area contributed by atoms with Crippen molar-refractivity contribution in [2.75, 3.05) is 19.6 Å². The Morgan fingerprint density at radius 1 is 1.33 bits per heavy atom. The van der Waals surface area contributed by atoms with E-state index in [2.05, 4.69) is 4.72 Å². The van der Waals surface area contributed by atoms with Gasteiger partial charge in [0.25, 0.3) is 0 Å². The molecule has 0 unspecified atom stereocenters. The van der Waals surface area contributed by atoms with Crippen LogP contribution in [0.1, 0.15) is 25.3 Å². The first kappa shape index (κ1) is 16.0. The molecule has 1 N–H and O–H groups in total. The van der Waals surface area contributed by atoms with Gasteiger partial charge in [-0.1, -0.05) is 17.7 Å². The predicted octanol–water partition coefficient (Wildman–Crippen LogP) is 1.53. The number of hydrogen-bond donors (Lipinski definition) is 1. The minimum atomic E-state index is -3.47. The molecule has 116 valence electrons. The first-order valence-electron chi connectivity index (χ1n) is 7.20. The van der Waals surface area contributed by atoms with Crippen LogP contribution < -0.4 is 4.72 Å². The second-order valence-corrected chi connectivity index (χ2v) is 7.41. The van der Waals surface area contributed by atoms with Crippen LogP contribution in [0.3, 0.4) is 0 Å². The van der Waals surface area contributed by atoms with Gasteiger partial charge in [0.05, 0.1) is 4.90 Å². The third-order valence-corrected chi connectivity index (χ3v) is 5.30. The van der Waals surface area contributed by atoms with Crippen molar-refractivity contribution in [3.8, 4) is 0 Å². The summed E-state index contributed by atoms with van der Waals surface area (Å²) < 4.78 is 27.1. The number of likely N-dealkylation sites (tertiary alicyclic amines) is 1. The summed E-state index contributed by atoms with van der Waals surface area (Å²) in [5.41, 5.74) is 1.03. The standard InChI is InChI=1S/C15H22N2O3S/c1-12-5-7-15(8-6-12)21(19,20)16-10-14-4-3-9-17(11-14)13(2)18/h5-8,14,16H,3-4,9-11H2,1-2H3/t14-/m1/s1. The van der Waals surface area contributed by atoms with Gasteiger partial charge in [-0.15, -0.1) is 0 Å². The average Bonchev–Trinajstić information content (AvgIpc) is 2.46. The Labute approximate surface area is 126 Å². The summed E-state index contributed by atoms with van der Waals surface area (Å²) in [6, 6.07) is 6.79. The third kappa shape index (κ3) is 4.28. The number of benzene rings is 1. The molecule has 1 aliphatic heterocycles. The van der Waals surface area contributed by atoms with Crippen molar-refractivity contribution in [1.29, 1.82) is 0 Å². The quantitative estimate of drug-likeness (QED) is 0.917. The lowest BCUT2D eigenvalue weighted by Crippen LogP contribution is -2.42. The van der Waals surface area contributed by atoms with Gasteiger partial charge in [-0.2, -0.15) is 0 Å². The van der Waals surface area contributed by atoms with Gasteiger partial charge in [0.1, 0.15) is 0 Å². The molecule has 0 saturated carbocycles. The Bertz CT molecular complexity index is 596. The minimum absolute atomic E-state index is 0.0566. The van der Waals surface area contributed by atoms with Crippen LogP contribution in [0.4, 0.5) is 0 Å². The van der Waals surface area contributed by atoms with E-state index in [0.717, 1.165) is 24.9 Å². The van der Waals surface area contributed by atoms with Gasteiger partial charge >= 0.3 is 0 Å². The fourth-order valence-electron chi connectivity index (χ4n) is 2.55. The molecular weight excluding hydrogens is 288 g/mol. The molecular formula is C15H22N2O3S. The molecule has 0 radical (unpaired) electrons. The molecule has 1 aromatic carbocycles. The summed E-state index contributed by atoms with van der Waals surface area (Å²) in [6.45, 7) is 5.25. The highest BCUT2D eigenvalue weighted by atomic mass is 32.2. The van der Waals surface area contributed by atoms with Crippen LogP contribution >= 0.6 is 0 Å².